The van der Waals surface area contributed by atoms with E-state index in [4.69, 9.17) is 14.0 Å². The molecule has 1 heterocycles. The molecule has 0 radical (unpaired) electrons. The number of hydrogen-bond acceptors (Lipinski definition) is 5. The van der Waals surface area contributed by atoms with Crippen LogP contribution in [0, 0.1) is 13.8 Å². The van der Waals surface area contributed by atoms with Crippen LogP contribution in [0.15, 0.2) is 28.8 Å². The van der Waals surface area contributed by atoms with Crippen LogP contribution in [-0.4, -0.2) is 17.7 Å². The van der Waals surface area contributed by atoms with E-state index in [1.54, 1.807) is 26.0 Å². The number of carbonyl (C=O) groups excluding carboxylic acids is 1. The molecule has 0 bridgehead atoms. The first-order valence-corrected chi connectivity index (χ1v) is 9.99. The minimum atomic E-state index is -0.459. The highest BCUT2D eigenvalue weighted by atomic mass is 16.5. The SMILES string of the molecule is CCCCCCCCCCOc1ccc(OC(=O)c2c(C)noc2C)cc1. The third-order valence-electron chi connectivity index (χ3n) is 4.54. The van der Waals surface area contributed by atoms with Crippen LogP contribution in [0.25, 0.3) is 0 Å². The maximum atomic E-state index is 12.2. The van der Waals surface area contributed by atoms with E-state index in [2.05, 4.69) is 12.1 Å². The monoisotopic (exact) mass is 373 g/mol. The molecule has 0 amide bonds. The van der Waals surface area contributed by atoms with E-state index < -0.39 is 5.97 Å². The molecular formula is C22H31NO4. The quantitative estimate of drug-likeness (QED) is 0.258. The second kappa shape index (κ2) is 11.4. The lowest BCUT2D eigenvalue weighted by Gasteiger charge is -2.08. The molecule has 0 spiro atoms. The predicted molar refractivity (Wildman–Crippen MR) is 105 cm³/mol. The Hall–Kier alpha value is -2.30. The lowest BCUT2D eigenvalue weighted by Crippen LogP contribution is -2.10. The van der Waals surface area contributed by atoms with Crippen LogP contribution in [0.2, 0.25) is 0 Å². The lowest BCUT2D eigenvalue weighted by atomic mass is 10.1. The molecule has 0 aliphatic heterocycles. The fourth-order valence-corrected chi connectivity index (χ4v) is 2.96. The normalized spacial score (nSPS) is 10.8. The van der Waals surface area contributed by atoms with Gasteiger partial charge < -0.3 is 14.0 Å². The largest absolute Gasteiger partial charge is 0.494 e. The minimum Gasteiger partial charge on any atom is -0.494 e. The molecule has 5 nitrogen and oxygen atoms in total. The fourth-order valence-electron chi connectivity index (χ4n) is 2.96. The van der Waals surface area contributed by atoms with Crippen LogP contribution in [0.4, 0.5) is 0 Å². The van der Waals surface area contributed by atoms with E-state index >= 15 is 0 Å². The van der Waals surface area contributed by atoms with E-state index in [0.717, 1.165) is 12.2 Å². The first kappa shape index (κ1) is 21.0. The average Bonchev–Trinajstić information content (AvgIpc) is 3.00. The molecule has 2 rings (SSSR count). The molecule has 2 aromatic rings. The Kier molecular flexibility index (Phi) is 8.89. The molecule has 1 aromatic carbocycles. The van der Waals surface area contributed by atoms with Gasteiger partial charge in [-0.15, -0.1) is 0 Å². The van der Waals surface area contributed by atoms with Crippen molar-refractivity contribution in [3.63, 3.8) is 0 Å². The highest BCUT2D eigenvalue weighted by Crippen LogP contribution is 2.21. The van der Waals surface area contributed by atoms with Crippen molar-refractivity contribution in [2.75, 3.05) is 6.61 Å². The summed E-state index contributed by atoms with van der Waals surface area (Å²) in [5.41, 5.74) is 0.910. The van der Waals surface area contributed by atoms with E-state index in [-0.39, 0.29) is 0 Å². The summed E-state index contributed by atoms with van der Waals surface area (Å²) < 4.78 is 16.1. The van der Waals surface area contributed by atoms with Crippen LogP contribution in [0.5, 0.6) is 11.5 Å². The summed E-state index contributed by atoms with van der Waals surface area (Å²) in [5.74, 6) is 1.26. The predicted octanol–water partition coefficient (Wildman–Crippen LogP) is 6.03. The second-order valence-electron chi connectivity index (χ2n) is 6.88. The first-order chi connectivity index (χ1) is 13.1. The Bertz CT molecular complexity index is 671. The maximum Gasteiger partial charge on any atom is 0.349 e. The van der Waals surface area contributed by atoms with Crippen LogP contribution < -0.4 is 9.47 Å². The van der Waals surface area contributed by atoms with Crippen LogP contribution in [0.3, 0.4) is 0 Å². The van der Waals surface area contributed by atoms with Crippen LogP contribution in [-0.2, 0) is 0 Å². The van der Waals surface area contributed by atoms with Gasteiger partial charge in [0.2, 0.25) is 0 Å². The van der Waals surface area contributed by atoms with Gasteiger partial charge in [0.1, 0.15) is 22.8 Å². The van der Waals surface area contributed by atoms with Crippen molar-refractivity contribution in [2.45, 2.75) is 72.1 Å². The number of unbranched alkanes of at least 4 members (excludes halogenated alkanes) is 7. The number of benzene rings is 1. The topological polar surface area (TPSA) is 61.6 Å². The number of ether oxygens (including phenoxy) is 2. The summed E-state index contributed by atoms with van der Waals surface area (Å²) >= 11 is 0. The zero-order valence-electron chi connectivity index (χ0n) is 16.8. The smallest absolute Gasteiger partial charge is 0.349 e. The van der Waals surface area contributed by atoms with Crippen molar-refractivity contribution >= 4 is 5.97 Å². The highest BCUT2D eigenvalue weighted by Gasteiger charge is 2.19. The standard InChI is InChI=1S/C22H31NO4/c1-4-5-6-7-8-9-10-11-16-25-19-12-14-20(15-13-19)26-22(24)21-17(2)23-27-18(21)3/h12-15H,4-11,16H2,1-3H3. The number of aryl methyl sites for hydroxylation is 2. The molecule has 0 aliphatic rings. The molecule has 0 saturated heterocycles. The van der Waals surface area contributed by atoms with Gasteiger partial charge in [-0.2, -0.15) is 0 Å². The van der Waals surface area contributed by atoms with Crippen LogP contribution in [0.1, 0.15) is 80.1 Å². The Morgan fingerprint density at radius 3 is 2.11 bits per heavy atom. The van der Waals surface area contributed by atoms with Gasteiger partial charge in [0.15, 0.2) is 0 Å². The van der Waals surface area contributed by atoms with Crippen molar-refractivity contribution in [1.29, 1.82) is 0 Å². The Balaban J connectivity index is 1.66. The number of carbonyl (C=O) groups is 1. The van der Waals surface area contributed by atoms with Gasteiger partial charge in [0, 0.05) is 0 Å². The van der Waals surface area contributed by atoms with E-state index in [1.165, 1.54) is 44.9 Å². The van der Waals surface area contributed by atoms with Gasteiger partial charge in [0.05, 0.1) is 12.3 Å². The highest BCUT2D eigenvalue weighted by molar-refractivity contribution is 5.93. The molecule has 0 fully saturated rings. The third-order valence-corrected chi connectivity index (χ3v) is 4.54. The molecule has 27 heavy (non-hydrogen) atoms. The molecule has 148 valence electrons. The first-order valence-electron chi connectivity index (χ1n) is 9.99. The van der Waals surface area contributed by atoms with Gasteiger partial charge in [-0.1, -0.05) is 57.0 Å². The Labute approximate surface area is 162 Å². The summed E-state index contributed by atoms with van der Waals surface area (Å²) in [5, 5.41) is 3.77. The molecule has 5 heteroatoms. The molecule has 0 N–H and O–H groups in total. The molecule has 0 saturated carbocycles. The summed E-state index contributed by atoms with van der Waals surface area (Å²) in [6.45, 7) is 6.37. The Morgan fingerprint density at radius 1 is 0.926 bits per heavy atom. The van der Waals surface area contributed by atoms with E-state index in [0.29, 0.717) is 29.4 Å². The summed E-state index contributed by atoms with van der Waals surface area (Å²) in [6, 6.07) is 7.11. The zero-order chi connectivity index (χ0) is 19.5. The molecular weight excluding hydrogens is 342 g/mol. The number of hydrogen-bond donors (Lipinski definition) is 0. The van der Waals surface area contributed by atoms with Gasteiger partial charge >= 0.3 is 5.97 Å². The number of nitrogens with zero attached hydrogens (tertiary/aromatic N) is 1. The van der Waals surface area contributed by atoms with Gasteiger partial charge in [-0.3, -0.25) is 0 Å². The number of rotatable bonds is 12. The summed E-state index contributed by atoms with van der Waals surface area (Å²) in [6.07, 6.45) is 10.2. The van der Waals surface area contributed by atoms with Crippen molar-refractivity contribution in [3.8, 4) is 11.5 Å². The fraction of sp³-hybridized carbons (Fsp3) is 0.545. The summed E-state index contributed by atoms with van der Waals surface area (Å²) in [4.78, 5) is 12.2. The zero-order valence-corrected chi connectivity index (χ0v) is 16.8. The Morgan fingerprint density at radius 2 is 1.52 bits per heavy atom. The van der Waals surface area contributed by atoms with Gasteiger partial charge in [-0.25, -0.2) is 4.79 Å². The number of aromatic nitrogens is 1. The lowest BCUT2D eigenvalue weighted by molar-refractivity contribution is 0.0732. The molecule has 0 aliphatic carbocycles. The van der Waals surface area contributed by atoms with E-state index in [9.17, 15) is 4.79 Å². The third kappa shape index (κ3) is 7.08. The van der Waals surface area contributed by atoms with E-state index in [1.807, 2.05) is 12.1 Å². The molecule has 0 atom stereocenters. The maximum absolute atomic E-state index is 12.2. The van der Waals surface area contributed by atoms with Crippen molar-refractivity contribution in [3.05, 3.63) is 41.3 Å². The molecule has 0 unspecified atom stereocenters. The van der Waals surface area contributed by atoms with Gasteiger partial charge in [0.25, 0.3) is 0 Å². The average molecular weight is 373 g/mol. The molecule has 1 aromatic heterocycles. The van der Waals surface area contributed by atoms with Crippen molar-refractivity contribution in [2.24, 2.45) is 0 Å². The van der Waals surface area contributed by atoms with Crippen LogP contribution >= 0.6 is 0 Å². The number of esters is 1. The second-order valence-corrected chi connectivity index (χ2v) is 6.88. The summed E-state index contributed by atoms with van der Waals surface area (Å²) in [7, 11) is 0. The van der Waals surface area contributed by atoms with Crippen molar-refractivity contribution < 1.29 is 18.8 Å². The minimum absolute atomic E-state index is 0.380. The van der Waals surface area contributed by atoms with Gasteiger partial charge in [-0.05, 0) is 44.5 Å². The van der Waals surface area contributed by atoms with Crippen molar-refractivity contribution in [1.82, 2.24) is 5.16 Å².